The van der Waals surface area contributed by atoms with E-state index in [1.54, 1.807) is 30.3 Å². The van der Waals surface area contributed by atoms with Gasteiger partial charge < -0.3 is 10.1 Å². The molecule has 0 saturated heterocycles. The van der Waals surface area contributed by atoms with E-state index in [4.69, 9.17) is 10.00 Å². The Bertz CT molecular complexity index is 632. The van der Waals surface area contributed by atoms with Crippen LogP contribution in [0.1, 0.15) is 5.56 Å². The number of nitriles is 1. The Labute approximate surface area is 118 Å². The third kappa shape index (κ3) is 2.85. The predicted molar refractivity (Wildman–Crippen MR) is 75.1 cm³/mol. The molecule has 0 aliphatic rings. The van der Waals surface area contributed by atoms with Crippen LogP contribution in [0.15, 0.2) is 40.9 Å². The van der Waals surface area contributed by atoms with Gasteiger partial charge in [0.05, 0.1) is 24.0 Å². The largest absolute Gasteiger partial charge is 0.497 e. The third-order valence-electron chi connectivity index (χ3n) is 2.57. The molecule has 0 aliphatic carbocycles. The molecule has 0 aliphatic heterocycles. The first-order valence-corrected chi connectivity index (χ1v) is 6.24. The molecule has 19 heavy (non-hydrogen) atoms. The fraction of sp³-hybridized carbons (Fsp3) is 0.0714. The Morgan fingerprint density at radius 3 is 2.74 bits per heavy atom. The molecule has 0 aromatic heterocycles. The highest BCUT2D eigenvalue weighted by Gasteiger charge is 2.10. The number of anilines is 2. The van der Waals surface area contributed by atoms with E-state index >= 15 is 0 Å². The Morgan fingerprint density at radius 1 is 1.32 bits per heavy atom. The maximum atomic E-state index is 13.7. The van der Waals surface area contributed by atoms with E-state index in [1.807, 2.05) is 0 Å². The van der Waals surface area contributed by atoms with E-state index in [0.717, 1.165) is 0 Å². The van der Waals surface area contributed by atoms with E-state index in [1.165, 1.54) is 13.2 Å². The van der Waals surface area contributed by atoms with Crippen molar-refractivity contribution in [3.05, 3.63) is 52.3 Å². The molecule has 0 radical (unpaired) electrons. The summed E-state index contributed by atoms with van der Waals surface area (Å²) < 4.78 is 19.4. The molecule has 96 valence electrons. The number of nitrogens with zero attached hydrogens (tertiary/aromatic N) is 1. The van der Waals surface area contributed by atoms with Gasteiger partial charge in [0.1, 0.15) is 17.6 Å². The topological polar surface area (TPSA) is 45.0 Å². The Kier molecular flexibility index (Phi) is 4.03. The molecule has 0 bridgehead atoms. The third-order valence-corrected chi connectivity index (χ3v) is 3.23. The molecular formula is C14H10BrFN2O. The summed E-state index contributed by atoms with van der Waals surface area (Å²) in [4.78, 5) is 0. The van der Waals surface area contributed by atoms with Crippen molar-refractivity contribution < 1.29 is 9.13 Å². The Morgan fingerprint density at radius 2 is 2.11 bits per heavy atom. The van der Waals surface area contributed by atoms with Crippen LogP contribution in [-0.4, -0.2) is 7.11 Å². The van der Waals surface area contributed by atoms with Gasteiger partial charge >= 0.3 is 0 Å². The lowest BCUT2D eigenvalue weighted by Crippen LogP contribution is -1.98. The molecule has 0 amide bonds. The number of hydrogen-bond donors (Lipinski definition) is 1. The minimum absolute atomic E-state index is 0.284. The fourth-order valence-corrected chi connectivity index (χ4v) is 2.04. The van der Waals surface area contributed by atoms with Crippen molar-refractivity contribution in [3.8, 4) is 11.8 Å². The van der Waals surface area contributed by atoms with Gasteiger partial charge in [-0.3, -0.25) is 0 Å². The molecule has 2 aromatic rings. The molecule has 0 unspecified atom stereocenters. The predicted octanol–water partition coefficient (Wildman–Crippen LogP) is 4.21. The van der Waals surface area contributed by atoms with Gasteiger partial charge in [-0.1, -0.05) is 6.07 Å². The second-order valence-electron chi connectivity index (χ2n) is 3.74. The van der Waals surface area contributed by atoms with Crippen molar-refractivity contribution >= 4 is 27.3 Å². The highest BCUT2D eigenvalue weighted by molar-refractivity contribution is 9.10. The summed E-state index contributed by atoms with van der Waals surface area (Å²) in [7, 11) is 1.53. The summed E-state index contributed by atoms with van der Waals surface area (Å²) in [5, 5.41) is 12.0. The Hall–Kier alpha value is -2.06. The number of hydrogen-bond acceptors (Lipinski definition) is 3. The second-order valence-corrected chi connectivity index (χ2v) is 4.60. The van der Waals surface area contributed by atoms with Crippen LogP contribution in [0.5, 0.6) is 5.75 Å². The number of nitrogens with one attached hydrogen (secondary N) is 1. The van der Waals surface area contributed by atoms with Gasteiger partial charge in [-0.25, -0.2) is 4.39 Å². The summed E-state index contributed by atoms with van der Waals surface area (Å²) in [5.74, 6) is 0.190. The average Bonchev–Trinajstić information content (AvgIpc) is 2.42. The maximum absolute atomic E-state index is 13.7. The lowest BCUT2D eigenvalue weighted by atomic mass is 10.1. The van der Waals surface area contributed by atoms with Crippen molar-refractivity contribution in [3.63, 3.8) is 0 Å². The molecule has 0 heterocycles. The van der Waals surface area contributed by atoms with Gasteiger partial charge in [-0.2, -0.15) is 5.26 Å². The van der Waals surface area contributed by atoms with Crippen LogP contribution in [0, 0.1) is 17.1 Å². The summed E-state index contributed by atoms with van der Waals surface area (Å²) in [6.07, 6.45) is 0. The summed E-state index contributed by atoms with van der Waals surface area (Å²) in [6, 6.07) is 11.7. The van der Waals surface area contributed by atoms with Crippen molar-refractivity contribution in [2.75, 3.05) is 12.4 Å². The van der Waals surface area contributed by atoms with E-state index in [9.17, 15) is 4.39 Å². The zero-order chi connectivity index (χ0) is 13.8. The first-order chi connectivity index (χ1) is 9.15. The van der Waals surface area contributed by atoms with E-state index in [0.29, 0.717) is 21.5 Å². The fourth-order valence-electron chi connectivity index (χ4n) is 1.60. The molecule has 0 fully saturated rings. The monoisotopic (exact) mass is 320 g/mol. The number of halogens is 2. The second kappa shape index (κ2) is 5.72. The minimum atomic E-state index is -0.402. The number of methoxy groups -OCH3 is 1. The maximum Gasteiger partial charge on any atom is 0.147 e. The van der Waals surface area contributed by atoms with Crippen molar-refractivity contribution in [1.82, 2.24) is 0 Å². The van der Waals surface area contributed by atoms with E-state index in [-0.39, 0.29) is 5.69 Å². The van der Waals surface area contributed by atoms with Crippen molar-refractivity contribution in [2.45, 2.75) is 0 Å². The van der Waals surface area contributed by atoms with Gasteiger partial charge in [0, 0.05) is 10.5 Å². The zero-order valence-corrected chi connectivity index (χ0v) is 11.7. The van der Waals surface area contributed by atoms with Crippen LogP contribution >= 0.6 is 15.9 Å². The smallest absolute Gasteiger partial charge is 0.147 e. The van der Waals surface area contributed by atoms with E-state index < -0.39 is 5.82 Å². The molecule has 5 heteroatoms. The molecule has 0 saturated carbocycles. The lowest BCUT2D eigenvalue weighted by molar-refractivity contribution is 0.415. The zero-order valence-electron chi connectivity index (χ0n) is 10.1. The molecule has 0 spiro atoms. The first kappa shape index (κ1) is 13.4. The summed E-state index contributed by atoms with van der Waals surface area (Å²) >= 11 is 3.27. The SMILES string of the molecule is COc1ccc(C#N)c(Nc2c(F)cccc2Br)c1. The van der Waals surface area contributed by atoms with Crippen LogP contribution in [0.2, 0.25) is 0 Å². The quantitative estimate of drug-likeness (QED) is 0.921. The van der Waals surface area contributed by atoms with E-state index in [2.05, 4.69) is 27.3 Å². The molecule has 0 atom stereocenters. The number of benzene rings is 2. The van der Waals surface area contributed by atoms with Crippen LogP contribution in [0.25, 0.3) is 0 Å². The van der Waals surface area contributed by atoms with Crippen LogP contribution < -0.4 is 10.1 Å². The van der Waals surface area contributed by atoms with Crippen LogP contribution in [-0.2, 0) is 0 Å². The standard InChI is InChI=1S/C14H10BrFN2O/c1-19-10-6-5-9(8-17)13(7-10)18-14-11(15)3-2-4-12(14)16/h2-7,18H,1H3. The Balaban J connectivity index is 2.46. The normalized spacial score (nSPS) is 9.79. The number of rotatable bonds is 3. The average molecular weight is 321 g/mol. The van der Waals surface area contributed by atoms with Gasteiger partial charge in [0.2, 0.25) is 0 Å². The van der Waals surface area contributed by atoms with Gasteiger partial charge in [-0.05, 0) is 40.2 Å². The minimum Gasteiger partial charge on any atom is -0.497 e. The van der Waals surface area contributed by atoms with Crippen molar-refractivity contribution in [2.24, 2.45) is 0 Å². The molecular weight excluding hydrogens is 311 g/mol. The van der Waals surface area contributed by atoms with Crippen molar-refractivity contribution in [1.29, 1.82) is 5.26 Å². The summed E-state index contributed by atoms with van der Waals surface area (Å²) in [5.41, 5.74) is 1.19. The van der Waals surface area contributed by atoms with Gasteiger partial charge in [-0.15, -0.1) is 0 Å². The molecule has 2 aromatic carbocycles. The number of para-hydroxylation sites is 1. The highest BCUT2D eigenvalue weighted by atomic mass is 79.9. The molecule has 3 nitrogen and oxygen atoms in total. The molecule has 1 N–H and O–H groups in total. The highest BCUT2D eigenvalue weighted by Crippen LogP contribution is 2.31. The first-order valence-electron chi connectivity index (χ1n) is 5.45. The lowest BCUT2D eigenvalue weighted by Gasteiger charge is -2.12. The van der Waals surface area contributed by atoms with Gasteiger partial charge in [0.15, 0.2) is 0 Å². The van der Waals surface area contributed by atoms with Crippen LogP contribution in [0.4, 0.5) is 15.8 Å². The summed E-state index contributed by atoms with van der Waals surface area (Å²) in [6.45, 7) is 0. The molecule has 2 rings (SSSR count). The van der Waals surface area contributed by atoms with Crippen LogP contribution in [0.3, 0.4) is 0 Å². The number of ether oxygens (including phenoxy) is 1. The van der Waals surface area contributed by atoms with Gasteiger partial charge in [0.25, 0.3) is 0 Å².